The van der Waals surface area contributed by atoms with Gasteiger partial charge in [-0.2, -0.15) is 0 Å². The van der Waals surface area contributed by atoms with E-state index in [1.165, 1.54) is 0 Å². The molecule has 0 radical (unpaired) electrons. The molecule has 0 aliphatic carbocycles. The van der Waals surface area contributed by atoms with Crippen LogP contribution in [0.1, 0.15) is 39.2 Å². The molecule has 0 heterocycles. The average Bonchev–Trinajstić information content (AvgIpc) is 2.16. The Morgan fingerprint density at radius 3 is 2.62 bits per heavy atom. The normalized spacial score (nSPS) is 11.8. The molecule has 16 heavy (non-hydrogen) atoms. The summed E-state index contributed by atoms with van der Waals surface area (Å²) in [7, 11) is 0. The molecule has 0 bridgehead atoms. The number of hydrogen-bond donors (Lipinski definition) is 2. The van der Waals surface area contributed by atoms with Crippen LogP contribution < -0.4 is 5.32 Å². The fourth-order valence-electron chi connectivity index (χ4n) is 1.76. The fourth-order valence-corrected chi connectivity index (χ4v) is 2.00. The Balaban J connectivity index is 2.68. The summed E-state index contributed by atoms with van der Waals surface area (Å²) in [6.45, 7) is 7.07. The van der Waals surface area contributed by atoms with Gasteiger partial charge in [0.1, 0.15) is 5.75 Å². The lowest BCUT2D eigenvalue weighted by Crippen LogP contribution is -2.38. The van der Waals surface area contributed by atoms with E-state index in [2.05, 4.69) is 26.1 Å². The van der Waals surface area contributed by atoms with Gasteiger partial charge >= 0.3 is 0 Å². The number of benzene rings is 1. The summed E-state index contributed by atoms with van der Waals surface area (Å²) in [5.74, 6) is 0.257. The third-order valence-electron chi connectivity index (χ3n) is 2.71. The summed E-state index contributed by atoms with van der Waals surface area (Å²) in [5, 5.41) is 13.7. The number of aromatic hydroxyl groups is 1. The molecule has 0 unspecified atom stereocenters. The van der Waals surface area contributed by atoms with Crippen molar-refractivity contribution in [1.82, 2.24) is 5.32 Å². The van der Waals surface area contributed by atoms with Crippen LogP contribution in [0.5, 0.6) is 5.75 Å². The highest BCUT2D eigenvalue weighted by molar-refractivity contribution is 6.31. The first-order chi connectivity index (χ1) is 7.46. The summed E-state index contributed by atoms with van der Waals surface area (Å²) >= 11 is 6.04. The minimum absolute atomic E-state index is 0.0698. The van der Waals surface area contributed by atoms with Crippen LogP contribution in [0.15, 0.2) is 18.2 Å². The molecule has 1 aromatic rings. The van der Waals surface area contributed by atoms with Crippen molar-refractivity contribution in [2.75, 3.05) is 0 Å². The largest absolute Gasteiger partial charge is 0.508 e. The maximum absolute atomic E-state index is 9.69. The van der Waals surface area contributed by atoms with Crippen LogP contribution in [0.4, 0.5) is 0 Å². The van der Waals surface area contributed by atoms with Crippen molar-refractivity contribution >= 4 is 11.6 Å². The molecule has 1 aromatic carbocycles. The lowest BCUT2D eigenvalue weighted by atomic mass is 9.98. The topological polar surface area (TPSA) is 32.3 Å². The van der Waals surface area contributed by atoms with Gasteiger partial charge < -0.3 is 10.4 Å². The van der Waals surface area contributed by atoms with E-state index in [4.69, 9.17) is 11.6 Å². The second-order valence-corrected chi connectivity index (χ2v) is 5.13. The fraction of sp³-hybridized carbons (Fsp3) is 0.538. The molecule has 0 aliphatic heterocycles. The van der Waals surface area contributed by atoms with Crippen molar-refractivity contribution in [3.05, 3.63) is 28.8 Å². The van der Waals surface area contributed by atoms with E-state index in [9.17, 15) is 5.11 Å². The van der Waals surface area contributed by atoms with Crippen LogP contribution in [0.25, 0.3) is 0 Å². The van der Waals surface area contributed by atoms with Crippen LogP contribution >= 0.6 is 11.6 Å². The quantitative estimate of drug-likeness (QED) is 0.824. The third kappa shape index (κ3) is 3.69. The van der Waals surface area contributed by atoms with Gasteiger partial charge in [0.15, 0.2) is 0 Å². The average molecular weight is 242 g/mol. The van der Waals surface area contributed by atoms with Crippen molar-refractivity contribution in [2.45, 2.75) is 45.7 Å². The molecule has 2 N–H and O–H groups in total. The van der Waals surface area contributed by atoms with Crippen molar-refractivity contribution in [1.29, 1.82) is 0 Å². The van der Waals surface area contributed by atoms with Crippen LogP contribution in [-0.2, 0) is 6.54 Å². The van der Waals surface area contributed by atoms with Crippen molar-refractivity contribution in [3.8, 4) is 5.75 Å². The molecule has 0 aromatic heterocycles. The number of phenolic OH excluding ortho intramolecular Hbond substituents is 1. The van der Waals surface area contributed by atoms with Crippen LogP contribution in [0, 0.1) is 0 Å². The highest BCUT2D eigenvalue weighted by Gasteiger charge is 2.16. The molecular formula is C13H20ClNO. The highest BCUT2D eigenvalue weighted by Crippen LogP contribution is 2.25. The number of nitrogens with one attached hydrogen (secondary N) is 1. The van der Waals surface area contributed by atoms with Crippen molar-refractivity contribution in [2.24, 2.45) is 0 Å². The van der Waals surface area contributed by atoms with E-state index >= 15 is 0 Å². The third-order valence-corrected chi connectivity index (χ3v) is 3.07. The number of halogens is 1. The van der Waals surface area contributed by atoms with Crippen molar-refractivity contribution in [3.63, 3.8) is 0 Å². The van der Waals surface area contributed by atoms with Gasteiger partial charge in [-0.05, 0) is 32.4 Å². The van der Waals surface area contributed by atoms with E-state index in [1.807, 2.05) is 0 Å². The summed E-state index contributed by atoms with van der Waals surface area (Å²) < 4.78 is 0. The zero-order valence-electron chi connectivity index (χ0n) is 10.2. The van der Waals surface area contributed by atoms with Crippen LogP contribution in [-0.4, -0.2) is 10.6 Å². The molecule has 1 rings (SSSR count). The zero-order chi connectivity index (χ0) is 12.2. The minimum Gasteiger partial charge on any atom is -0.508 e. The Morgan fingerprint density at radius 1 is 1.38 bits per heavy atom. The van der Waals surface area contributed by atoms with Gasteiger partial charge in [0.2, 0.25) is 0 Å². The lowest BCUT2D eigenvalue weighted by molar-refractivity contribution is 0.353. The SMILES string of the molecule is CCCC(C)(C)NCc1c(O)cccc1Cl. The Bertz CT molecular complexity index is 330. The molecule has 0 fully saturated rings. The maximum atomic E-state index is 9.69. The van der Waals surface area contributed by atoms with E-state index in [0.29, 0.717) is 11.6 Å². The first kappa shape index (κ1) is 13.3. The van der Waals surface area contributed by atoms with Crippen LogP contribution in [0.3, 0.4) is 0 Å². The minimum atomic E-state index is 0.0698. The summed E-state index contributed by atoms with van der Waals surface area (Å²) in [6.07, 6.45) is 2.23. The molecule has 90 valence electrons. The molecular weight excluding hydrogens is 222 g/mol. The first-order valence-corrected chi connectivity index (χ1v) is 6.05. The zero-order valence-corrected chi connectivity index (χ0v) is 10.9. The summed E-state index contributed by atoms with van der Waals surface area (Å²) in [5.41, 5.74) is 0.841. The maximum Gasteiger partial charge on any atom is 0.121 e. The Labute approximate surface area is 103 Å². The molecule has 0 atom stereocenters. The first-order valence-electron chi connectivity index (χ1n) is 5.67. The van der Waals surface area contributed by atoms with Gasteiger partial charge in [-0.15, -0.1) is 0 Å². The summed E-state index contributed by atoms with van der Waals surface area (Å²) in [6, 6.07) is 5.21. The second kappa shape index (κ2) is 5.55. The standard InChI is InChI=1S/C13H20ClNO/c1-4-8-13(2,3)15-9-10-11(14)6-5-7-12(10)16/h5-7,15-16H,4,8-9H2,1-3H3. The van der Waals surface area contributed by atoms with Gasteiger partial charge in [-0.25, -0.2) is 0 Å². The summed E-state index contributed by atoms with van der Waals surface area (Å²) in [4.78, 5) is 0. The molecule has 0 saturated heterocycles. The lowest BCUT2D eigenvalue weighted by Gasteiger charge is -2.26. The molecule has 0 aliphatic rings. The Morgan fingerprint density at radius 2 is 2.06 bits per heavy atom. The van der Waals surface area contributed by atoms with Crippen molar-refractivity contribution < 1.29 is 5.11 Å². The van der Waals surface area contributed by atoms with E-state index in [1.54, 1.807) is 18.2 Å². The number of rotatable bonds is 5. The van der Waals surface area contributed by atoms with E-state index in [0.717, 1.165) is 18.4 Å². The molecule has 0 amide bonds. The van der Waals surface area contributed by atoms with Gasteiger partial charge in [-0.1, -0.05) is 31.0 Å². The predicted molar refractivity (Wildman–Crippen MR) is 68.9 cm³/mol. The molecule has 2 nitrogen and oxygen atoms in total. The predicted octanol–water partition coefficient (Wildman–Crippen LogP) is 3.71. The van der Waals surface area contributed by atoms with Gasteiger partial charge in [0.25, 0.3) is 0 Å². The highest BCUT2D eigenvalue weighted by atomic mass is 35.5. The van der Waals surface area contributed by atoms with Gasteiger partial charge in [0.05, 0.1) is 0 Å². The monoisotopic (exact) mass is 241 g/mol. The molecule has 3 heteroatoms. The Kier molecular flexibility index (Phi) is 4.63. The second-order valence-electron chi connectivity index (χ2n) is 4.72. The van der Waals surface area contributed by atoms with E-state index < -0.39 is 0 Å². The number of phenols is 1. The molecule has 0 saturated carbocycles. The van der Waals surface area contributed by atoms with E-state index in [-0.39, 0.29) is 11.3 Å². The number of hydrogen-bond acceptors (Lipinski definition) is 2. The van der Waals surface area contributed by atoms with Crippen LogP contribution in [0.2, 0.25) is 5.02 Å². The Hall–Kier alpha value is -0.730. The molecule has 0 spiro atoms. The van der Waals surface area contributed by atoms with Gasteiger partial charge in [0, 0.05) is 22.7 Å². The smallest absolute Gasteiger partial charge is 0.121 e. The van der Waals surface area contributed by atoms with Gasteiger partial charge in [-0.3, -0.25) is 0 Å².